The van der Waals surface area contributed by atoms with E-state index in [1.54, 1.807) is 11.3 Å². The van der Waals surface area contributed by atoms with Gasteiger partial charge in [-0.15, -0.1) is 0 Å². The van der Waals surface area contributed by atoms with Crippen LogP contribution >= 0.6 is 11.3 Å². The van der Waals surface area contributed by atoms with Gasteiger partial charge in [0.2, 0.25) is 5.13 Å². The smallest absolute Gasteiger partial charge is 0.204 e. The first-order chi connectivity index (χ1) is 11.3. The van der Waals surface area contributed by atoms with E-state index in [0.29, 0.717) is 5.69 Å². The van der Waals surface area contributed by atoms with E-state index < -0.39 is 0 Å². The molecule has 0 bridgehead atoms. The van der Waals surface area contributed by atoms with Crippen LogP contribution in [-0.4, -0.2) is 15.7 Å². The topological polar surface area (TPSA) is 98.9 Å². The van der Waals surface area contributed by atoms with E-state index in [1.165, 1.54) is 0 Å². The minimum atomic E-state index is 0.225. The summed E-state index contributed by atoms with van der Waals surface area (Å²) in [6.45, 7) is 2.09. The Balaban J connectivity index is 1.77. The third kappa shape index (κ3) is 3.63. The van der Waals surface area contributed by atoms with Crippen molar-refractivity contribution in [2.24, 2.45) is 10.2 Å². The van der Waals surface area contributed by atoms with Crippen molar-refractivity contribution in [1.29, 1.82) is 0 Å². The molecule has 23 heavy (non-hydrogen) atoms. The Hall–Kier alpha value is -2.96. The van der Waals surface area contributed by atoms with E-state index in [4.69, 9.17) is 5.53 Å². The average molecular weight is 323 g/mol. The van der Waals surface area contributed by atoms with Crippen LogP contribution in [0.3, 0.4) is 0 Å². The Labute approximate surface area is 136 Å². The van der Waals surface area contributed by atoms with Crippen molar-refractivity contribution < 1.29 is 0 Å². The molecule has 3 aromatic rings. The number of azide groups is 1. The molecule has 3 rings (SSSR count). The van der Waals surface area contributed by atoms with Gasteiger partial charge in [-0.25, -0.2) is 4.98 Å². The fraction of sp³-hybridized carbons (Fsp3) is 0.133. The Bertz CT molecular complexity index is 876. The number of pyridine rings is 1. The van der Waals surface area contributed by atoms with Crippen LogP contribution < -0.4 is 5.43 Å². The van der Waals surface area contributed by atoms with Gasteiger partial charge in [-0.3, -0.25) is 10.4 Å². The molecule has 0 spiro atoms. The molecule has 0 fully saturated rings. The van der Waals surface area contributed by atoms with Crippen molar-refractivity contribution in [3.05, 3.63) is 64.3 Å². The van der Waals surface area contributed by atoms with Crippen molar-refractivity contribution in [3.63, 3.8) is 0 Å². The van der Waals surface area contributed by atoms with Crippen molar-refractivity contribution in [1.82, 2.24) is 9.97 Å². The molecule has 7 nitrogen and oxygen atoms in total. The summed E-state index contributed by atoms with van der Waals surface area (Å²) in [5, 5.41) is 8.58. The number of rotatable bonds is 5. The molecule has 0 aliphatic carbocycles. The molecule has 0 saturated heterocycles. The van der Waals surface area contributed by atoms with Crippen LogP contribution in [0.25, 0.3) is 20.7 Å². The van der Waals surface area contributed by atoms with Gasteiger partial charge in [-0.2, -0.15) is 5.10 Å². The number of anilines is 1. The Morgan fingerprint density at radius 2 is 2.09 bits per heavy atom. The van der Waals surface area contributed by atoms with Crippen LogP contribution in [0.15, 0.2) is 52.7 Å². The van der Waals surface area contributed by atoms with Crippen molar-refractivity contribution in [3.8, 4) is 0 Å². The van der Waals surface area contributed by atoms with Crippen LogP contribution in [-0.2, 0) is 6.54 Å². The maximum absolute atomic E-state index is 8.37. The van der Waals surface area contributed by atoms with E-state index in [9.17, 15) is 0 Å². The predicted octanol–water partition coefficient (Wildman–Crippen LogP) is 4.34. The number of nitrogens with zero attached hydrogens (tertiary/aromatic N) is 6. The third-order valence-corrected chi connectivity index (χ3v) is 4.03. The molecule has 0 radical (unpaired) electrons. The number of hydrogen-bond donors (Lipinski definition) is 1. The molecule has 2 aromatic heterocycles. The summed E-state index contributed by atoms with van der Waals surface area (Å²) in [5.74, 6) is 0. The summed E-state index contributed by atoms with van der Waals surface area (Å²) >= 11 is 1.54. The lowest BCUT2D eigenvalue weighted by molar-refractivity contribution is 0.970. The second-order valence-electron chi connectivity index (χ2n) is 4.70. The average Bonchev–Trinajstić information content (AvgIpc) is 3.01. The summed E-state index contributed by atoms with van der Waals surface area (Å²) in [4.78, 5) is 11.6. The lowest BCUT2D eigenvalue weighted by Gasteiger charge is -2.02. The molecule has 8 heteroatoms. The van der Waals surface area contributed by atoms with Gasteiger partial charge in [-0.05, 0) is 36.7 Å². The highest BCUT2D eigenvalue weighted by Crippen LogP contribution is 2.25. The molecule has 0 aliphatic rings. The highest BCUT2D eigenvalue weighted by molar-refractivity contribution is 7.22. The highest BCUT2D eigenvalue weighted by Gasteiger charge is 2.04. The molecule has 2 heterocycles. The summed E-state index contributed by atoms with van der Waals surface area (Å²) in [6, 6.07) is 13.5. The van der Waals surface area contributed by atoms with Gasteiger partial charge in [0.05, 0.1) is 28.2 Å². The van der Waals surface area contributed by atoms with E-state index >= 15 is 0 Å². The van der Waals surface area contributed by atoms with E-state index in [1.807, 2.05) is 49.4 Å². The van der Waals surface area contributed by atoms with Crippen molar-refractivity contribution in [2.45, 2.75) is 13.5 Å². The van der Waals surface area contributed by atoms with E-state index in [2.05, 4.69) is 30.5 Å². The van der Waals surface area contributed by atoms with Gasteiger partial charge in [0.25, 0.3) is 0 Å². The zero-order chi connectivity index (χ0) is 16.1. The molecule has 0 saturated carbocycles. The molecular formula is C15H13N7S. The van der Waals surface area contributed by atoms with Gasteiger partial charge < -0.3 is 0 Å². The maximum atomic E-state index is 8.37. The molecule has 0 amide bonds. The molecular weight excluding hydrogens is 310 g/mol. The molecule has 0 atom stereocenters. The highest BCUT2D eigenvalue weighted by atomic mass is 32.1. The van der Waals surface area contributed by atoms with E-state index in [0.717, 1.165) is 26.8 Å². The van der Waals surface area contributed by atoms with Crippen LogP contribution in [0.4, 0.5) is 5.13 Å². The fourth-order valence-electron chi connectivity index (χ4n) is 1.98. The molecule has 1 aromatic carbocycles. The lowest BCUT2D eigenvalue weighted by Crippen LogP contribution is -2.03. The van der Waals surface area contributed by atoms with Gasteiger partial charge in [0.15, 0.2) is 0 Å². The van der Waals surface area contributed by atoms with E-state index in [-0.39, 0.29) is 6.54 Å². The second-order valence-corrected chi connectivity index (χ2v) is 5.73. The first kappa shape index (κ1) is 15.0. The molecule has 1 N–H and O–H groups in total. The summed E-state index contributed by atoms with van der Waals surface area (Å²) in [6.07, 6.45) is 0. The predicted molar refractivity (Wildman–Crippen MR) is 92.5 cm³/mol. The van der Waals surface area contributed by atoms with Crippen molar-refractivity contribution >= 4 is 32.4 Å². The minimum absolute atomic E-state index is 0.225. The van der Waals surface area contributed by atoms with Gasteiger partial charge in [-0.1, -0.05) is 34.7 Å². The number of fused-ring (bicyclic) bond motifs is 1. The van der Waals surface area contributed by atoms with Crippen LogP contribution in [0, 0.1) is 0 Å². The number of thiazole rings is 1. The number of hydrazone groups is 1. The van der Waals surface area contributed by atoms with Crippen LogP contribution in [0.5, 0.6) is 0 Å². The number of benzene rings is 1. The lowest BCUT2D eigenvalue weighted by atomic mass is 10.2. The van der Waals surface area contributed by atoms with Gasteiger partial charge in [0.1, 0.15) is 0 Å². The normalized spacial score (nSPS) is 11.3. The zero-order valence-electron chi connectivity index (χ0n) is 12.3. The maximum Gasteiger partial charge on any atom is 0.204 e. The van der Waals surface area contributed by atoms with Crippen LogP contribution in [0.2, 0.25) is 0 Å². The molecule has 0 unspecified atom stereocenters. The first-order valence-corrected chi connectivity index (χ1v) is 7.71. The Morgan fingerprint density at radius 1 is 1.22 bits per heavy atom. The standard InChI is InChI=1S/C15H13N7S/c1-10(12-7-4-5-11(18-12)9-17-22-16)20-21-15-19-13-6-2-3-8-14(13)23-15/h2-8H,9H2,1H3,(H,19,21)/b20-10+. The number of hydrogen-bond acceptors (Lipinski definition) is 6. The molecule has 114 valence electrons. The summed E-state index contributed by atoms with van der Waals surface area (Å²) in [7, 11) is 0. The number of para-hydroxylation sites is 1. The second kappa shape index (κ2) is 6.87. The quantitative estimate of drug-likeness (QED) is 0.248. The Morgan fingerprint density at radius 3 is 2.91 bits per heavy atom. The molecule has 0 aliphatic heterocycles. The van der Waals surface area contributed by atoms with Gasteiger partial charge >= 0.3 is 0 Å². The number of aromatic nitrogens is 2. The monoisotopic (exact) mass is 323 g/mol. The summed E-state index contributed by atoms with van der Waals surface area (Å²) < 4.78 is 1.11. The van der Waals surface area contributed by atoms with Crippen molar-refractivity contribution in [2.75, 3.05) is 5.43 Å². The minimum Gasteiger partial charge on any atom is -0.252 e. The largest absolute Gasteiger partial charge is 0.252 e. The third-order valence-electron chi connectivity index (χ3n) is 3.09. The number of nitrogens with one attached hydrogen (secondary N) is 1. The van der Waals surface area contributed by atoms with Crippen LogP contribution in [0.1, 0.15) is 18.3 Å². The summed E-state index contributed by atoms with van der Waals surface area (Å²) in [5.41, 5.74) is 14.4. The Kier molecular flexibility index (Phi) is 4.46. The first-order valence-electron chi connectivity index (χ1n) is 6.89. The SMILES string of the molecule is C/C(=N\Nc1nc2ccccc2s1)c1cccc(CN=[N+]=[N-])n1. The fourth-order valence-corrected chi connectivity index (χ4v) is 2.79. The van der Waals surface area contributed by atoms with Gasteiger partial charge in [0, 0.05) is 10.6 Å². The zero-order valence-corrected chi connectivity index (χ0v) is 13.2.